The molecule has 0 aliphatic carbocycles. The van der Waals surface area contributed by atoms with Gasteiger partial charge in [-0.05, 0) is 31.1 Å². The molecule has 0 aliphatic heterocycles. The number of allylic oxidation sites excluding steroid dienone is 1. The van der Waals surface area contributed by atoms with Crippen LogP contribution in [0.4, 0.5) is 0 Å². The molecule has 0 radical (unpaired) electrons. The van der Waals surface area contributed by atoms with Crippen LogP contribution in [0.5, 0.6) is 0 Å². The third-order valence-corrected chi connectivity index (χ3v) is 2.98. The van der Waals surface area contributed by atoms with Crippen molar-refractivity contribution >= 4 is 11.9 Å². The zero-order valence-corrected chi connectivity index (χ0v) is 10.6. The Morgan fingerprint density at radius 1 is 1.41 bits per heavy atom. The van der Waals surface area contributed by atoms with Gasteiger partial charge in [-0.15, -0.1) is 6.58 Å². The Labute approximate surface area is 103 Å². The van der Waals surface area contributed by atoms with Crippen LogP contribution in [0.3, 0.4) is 0 Å². The quantitative estimate of drug-likeness (QED) is 0.339. The summed E-state index contributed by atoms with van der Waals surface area (Å²) >= 11 is 0. The van der Waals surface area contributed by atoms with Crippen molar-refractivity contribution in [3.8, 4) is 0 Å². The number of carboxylic acid groups (broad SMARTS) is 1. The first-order chi connectivity index (χ1) is 7.88. The summed E-state index contributed by atoms with van der Waals surface area (Å²) in [7, 11) is 0. The standard InChI is InChI=1S/C12H23N3O2/c1-4-5-6-8(2)9(3)7-10(11(16)17)15-12(13)14/h4,8-10H,1,5-7H2,2-3H3,(H,16,17)(H4,13,14,15)/t8?,9?,10-/m1/s1. The van der Waals surface area contributed by atoms with E-state index in [9.17, 15) is 4.79 Å². The van der Waals surface area contributed by atoms with E-state index in [4.69, 9.17) is 16.6 Å². The predicted octanol–water partition coefficient (Wildman–Crippen LogP) is 1.34. The third-order valence-electron chi connectivity index (χ3n) is 2.98. The molecule has 17 heavy (non-hydrogen) atoms. The Kier molecular flexibility index (Phi) is 7.02. The van der Waals surface area contributed by atoms with Crippen LogP contribution in [0.2, 0.25) is 0 Å². The summed E-state index contributed by atoms with van der Waals surface area (Å²) < 4.78 is 0. The van der Waals surface area contributed by atoms with Crippen LogP contribution in [0.25, 0.3) is 0 Å². The molecule has 5 N–H and O–H groups in total. The van der Waals surface area contributed by atoms with E-state index in [1.165, 1.54) is 0 Å². The maximum absolute atomic E-state index is 11.0. The van der Waals surface area contributed by atoms with Gasteiger partial charge < -0.3 is 16.6 Å². The highest BCUT2D eigenvalue weighted by Crippen LogP contribution is 2.22. The fourth-order valence-electron chi connectivity index (χ4n) is 1.64. The van der Waals surface area contributed by atoms with E-state index in [0.717, 1.165) is 12.8 Å². The van der Waals surface area contributed by atoms with Crippen molar-refractivity contribution in [2.24, 2.45) is 28.3 Å². The van der Waals surface area contributed by atoms with Crippen molar-refractivity contribution in [3.05, 3.63) is 12.7 Å². The minimum absolute atomic E-state index is 0.177. The molecule has 0 rings (SSSR count). The van der Waals surface area contributed by atoms with Crippen LogP contribution in [0.1, 0.15) is 33.1 Å². The molecule has 0 aromatic heterocycles. The third kappa shape index (κ3) is 6.60. The molecule has 0 saturated heterocycles. The highest BCUT2D eigenvalue weighted by molar-refractivity contribution is 5.81. The molecule has 0 bridgehead atoms. The van der Waals surface area contributed by atoms with Crippen molar-refractivity contribution in [2.45, 2.75) is 39.2 Å². The number of guanidine groups is 1. The SMILES string of the molecule is C=CCCC(C)C(C)C[C@@H](N=C(N)N)C(=O)O. The molecular formula is C12H23N3O2. The number of hydrogen-bond donors (Lipinski definition) is 3. The average Bonchev–Trinajstić information content (AvgIpc) is 2.23. The summed E-state index contributed by atoms with van der Waals surface area (Å²) in [6.07, 6.45) is 4.25. The molecule has 0 saturated carbocycles. The second-order valence-corrected chi connectivity index (χ2v) is 4.46. The van der Waals surface area contributed by atoms with Crippen LogP contribution in [0, 0.1) is 11.8 Å². The smallest absolute Gasteiger partial charge is 0.328 e. The minimum atomic E-state index is -0.985. The van der Waals surface area contributed by atoms with Gasteiger partial charge in [-0.3, -0.25) is 0 Å². The number of hydrogen-bond acceptors (Lipinski definition) is 2. The highest BCUT2D eigenvalue weighted by Gasteiger charge is 2.22. The lowest BCUT2D eigenvalue weighted by atomic mass is 9.87. The van der Waals surface area contributed by atoms with E-state index in [0.29, 0.717) is 12.3 Å². The van der Waals surface area contributed by atoms with Gasteiger partial charge in [0.15, 0.2) is 12.0 Å². The molecule has 2 unspecified atom stereocenters. The van der Waals surface area contributed by atoms with Gasteiger partial charge in [-0.25, -0.2) is 9.79 Å². The van der Waals surface area contributed by atoms with Crippen LogP contribution < -0.4 is 11.5 Å². The average molecular weight is 241 g/mol. The summed E-state index contributed by atoms with van der Waals surface area (Å²) in [6.45, 7) is 7.79. The number of carboxylic acids is 1. The van der Waals surface area contributed by atoms with Gasteiger partial charge in [0.1, 0.15) is 0 Å². The first kappa shape index (κ1) is 15.5. The fourth-order valence-corrected chi connectivity index (χ4v) is 1.64. The van der Waals surface area contributed by atoms with Crippen molar-refractivity contribution in [1.82, 2.24) is 0 Å². The van der Waals surface area contributed by atoms with E-state index in [1.54, 1.807) is 0 Å². The lowest BCUT2D eigenvalue weighted by molar-refractivity contribution is -0.138. The van der Waals surface area contributed by atoms with Gasteiger partial charge in [-0.1, -0.05) is 19.9 Å². The van der Waals surface area contributed by atoms with E-state index in [2.05, 4.69) is 18.5 Å². The Balaban J connectivity index is 4.39. The highest BCUT2D eigenvalue weighted by atomic mass is 16.4. The molecule has 5 heteroatoms. The zero-order valence-electron chi connectivity index (χ0n) is 10.6. The number of nitrogens with two attached hydrogens (primary N) is 2. The summed E-state index contributed by atoms with van der Waals surface area (Å²) in [5.41, 5.74) is 10.4. The molecule has 98 valence electrons. The Hall–Kier alpha value is -1.52. The Bertz CT molecular complexity index is 285. The number of nitrogens with zero attached hydrogens (tertiary/aromatic N) is 1. The normalized spacial score (nSPS) is 15.6. The van der Waals surface area contributed by atoms with Gasteiger partial charge in [-0.2, -0.15) is 0 Å². The first-order valence-electron chi connectivity index (χ1n) is 5.80. The summed E-state index contributed by atoms with van der Waals surface area (Å²) in [6, 6.07) is -0.846. The summed E-state index contributed by atoms with van der Waals surface area (Å²) in [5.74, 6) is -0.493. The van der Waals surface area contributed by atoms with Crippen LogP contribution in [-0.2, 0) is 4.79 Å². The molecule has 0 amide bonds. The molecular weight excluding hydrogens is 218 g/mol. The van der Waals surface area contributed by atoms with Crippen molar-refractivity contribution in [2.75, 3.05) is 0 Å². The maximum Gasteiger partial charge on any atom is 0.328 e. The van der Waals surface area contributed by atoms with Crippen LogP contribution >= 0.6 is 0 Å². The zero-order chi connectivity index (χ0) is 13.4. The molecule has 0 aliphatic rings. The largest absolute Gasteiger partial charge is 0.480 e. The number of aliphatic imine (C=N–C) groups is 1. The van der Waals surface area contributed by atoms with Crippen LogP contribution in [-0.4, -0.2) is 23.1 Å². The number of aliphatic carboxylic acids is 1. The lowest BCUT2D eigenvalue weighted by Crippen LogP contribution is -2.30. The number of rotatable bonds is 8. The molecule has 0 aromatic carbocycles. The van der Waals surface area contributed by atoms with Gasteiger partial charge >= 0.3 is 5.97 Å². The minimum Gasteiger partial charge on any atom is -0.480 e. The predicted molar refractivity (Wildman–Crippen MR) is 69.6 cm³/mol. The molecule has 0 heterocycles. The molecule has 0 aromatic rings. The Morgan fingerprint density at radius 2 is 2.00 bits per heavy atom. The molecule has 5 nitrogen and oxygen atoms in total. The summed E-state index contributed by atoms with van der Waals surface area (Å²) in [4.78, 5) is 14.7. The van der Waals surface area contributed by atoms with E-state index in [-0.39, 0.29) is 11.9 Å². The van der Waals surface area contributed by atoms with Crippen molar-refractivity contribution in [1.29, 1.82) is 0 Å². The van der Waals surface area contributed by atoms with Crippen molar-refractivity contribution < 1.29 is 9.90 Å². The molecule has 0 fully saturated rings. The van der Waals surface area contributed by atoms with Gasteiger partial charge in [0.25, 0.3) is 0 Å². The van der Waals surface area contributed by atoms with E-state index >= 15 is 0 Å². The maximum atomic E-state index is 11.0. The van der Waals surface area contributed by atoms with E-state index in [1.807, 2.05) is 13.0 Å². The fraction of sp³-hybridized carbons (Fsp3) is 0.667. The molecule has 0 spiro atoms. The van der Waals surface area contributed by atoms with Gasteiger partial charge in [0, 0.05) is 0 Å². The first-order valence-corrected chi connectivity index (χ1v) is 5.80. The summed E-state index contributed by atoms with van der Waals surface area (Å²) in [5, 5.41) is 8.99. The van der Waals surface area contributed by atoms with Crippen molar-refractivity contribution in [3.63, 3.8) is 0 Å². The topological polar surface area (TPSA) is 102 Å². The molecule has 3 atom stereocenters. The Morgan fingerprint density at radius 3 is 2.41 bits per heavy atom. The van der Waals surface area contributed by atoms with Crippen LogP contribution in [0.15, 0.2) is 17.6 Å². The lowest BCUT2D eigenvalue weighted by Gasteiger charge is -2.21. The van der Waals surface area contributed by atoms with Gasteiger partial charge in [0.05, 0.1) is 0 Å². The van der Waals surface area contributed by atoms with Gasteiger partial charge in [0.2, 0.25) is 0 Å². The number of carbonyl (C=O) groups is 1. The second kappa shape index (κ2) is 7.70. The second-order valence-electron chi connectivity index (χ2n) is 4.46. The monoisotopic (exact) mass is 241 g/mol. The van der Waals surface area contributed by atoms with E-state index < -0.39 is 12.0 Å².